The van der Waals surface area contributed by atoms with Gasteiger partial charge in [0, 0.05) is 12.6 Å². The number of aliphatic hydroxyl groups excluding tert-OH is 1. The molecule has 2 N–H and O–H groups in total. The minimum Gasteiger partial charge on any atom is -0.393 e. The highest BCUT2D eigenvalue weighted by Gasteiger charge is 2.06. The van der Waals surface area contributed by atoms with Crippen molar-refractivity contribution >= 4 is 11.6 Å². The Hall–Kier alpha value is -0.640. The highest BCUT2D eigenvalue weighted by molar-refractivity contribution is 6.30. The average Bonchev–Trinajstić information content (AvgIpc) is 2.19. The smallest absolute Gasteiger partial charge is 0.141 e. The predicted molar refractivity (Wildman–Crippen MR) is 64.0 cm³/mol. The monoisotopic (exact) mass is 245 g/mol. The van der Waals surface area contributed by atoms with Gasteiger partial charge in [0.15, 0.2) is 0 Å². The number of hydrogen-bond acceptors (Lipinski definition) is 2. The van der Waals surface area contributed by atoms with E-state index in [1.54, 1.807) is 19.1 Å². The largest absolute Gasteiger partial charge is 0.393 e. The topological polar surface area (TPSA) is 32.3 Å². The number of aliphatic hydroxyl groups is 1. The van der Waals surface area contributed by atoms with Gasteiger partial charge in [-0.1, -0.05) is 17.7 Å². The van der Waals surface area contributed by atoms with E-state index in [-0.39, 0.29) is 17.2 Å². The van der Waals surface area contributed by atoms with Gasteiger partial charge < -0.3 is 10.4 Å². The third-order valence-electron chi connectivity index (χ3n) is 2.33. The Balaban J connectivity index is 2.45. The number of rotatable bonds is 5. The second-order valence-corrected chi connectivity index (χ2v) is 4.52. The van der Waals surface area contributed by atoms with E-state index in [1.807, 2.05) is 6.92 Å². The molecule has 1 rings (SSSR count). The molecule has 0 amide bonds. The van der Waals surface area contributed by atoms with Crippen molar-refractivity contribution in [3.05, 3.63) is 34.6 Å². The maximum atomic E-state index is 12.9. The van der Waals surface area contributed by atoms with Crippen LogP contribution < -0.4 is 5.32 Å². The number of nitrogens with one attached hydrogen (secondary N) is 1. The molecule has 0 bridgehead atoms. The van der Waals surface area contributed by atoms with Crippen LogP contribution in [0.3, 0.4) is 0 Å². The predicted octanol–water partition coefficient (Wildman–Crippen LogP) is 2.73. The molecular formula is C12H17ClFNO. The van der Waals surface area contributed by atoms with Gasteiger partial charge in [-0.25, -0.2) is 4.39 Å². The third kappa shape index (κ3) is 4.47. The van der Waals surface area contributed by atoms with E-state index in [9.17, 15) is 9.50 Å². The second-order valence-electron chi connectivity index (χ2n) is 4.12. The first kappa shape index (κ1) is 13.4. The summed E-state index contributed by atoms with van der Waals surface area (Å²) in [6.07, 6.45) is 0.369. The Morgan fingerprint density at radius 2 is 2.12 bits per heavy atom. The van der Waals surface area contributed by atoms with Crippen LogP contribution in [0.5, 0.6) is 0 Å². The Kier molecular flexibility index (Phi) is 5.19. The lowest BCUT2D eigenvalue weighted by molar-refractivity contribution is 0.170. The molecule has 0 aliphatic carbocycles. The molecule has 0 spiro atoms. The minimum absolute atomic E-state index is 0.141. The fourth-order valence-electron chi connectivity index (χ4n) is 1.54. The molecule has 2 atom stereocenters. The van der Waals surface area contributed by atoms with Gasteiger partial charge in [-0.2, -0.15) is 0 Å². The maximum Gasteiger partial charge on any atom is 0.141 e. The first-order chi connectivity index (χ1) is 7.49. The van der Waals surface area contributed by atoms with Crippen molar-refractivity contribution in [1.29, 1.82) is 0 Å². The van der Waals surface area contributed by atoms with Crippen molar-refractivity contribution < 1.29 is 9.50 Å². The van der Waals surface area contributed by atoms with E-state index in [0.717, 1.165) is 5.56 Å². The second kappa shape index (κ2) is 6.18. The summed E-state index contributed by atoms with van der Waals surface area (Å²) in [7, 11) is 0. The Bertz CT molecular complexity index is 344. The van der Waals surface area contributed by atoms with E-state index in [2.05, 4.69) is 5.32 Å². The van der Waals surface area contributed by atoms with E-state index in [0.29, 0.717) is 13.0 Å². The molecule has 1 aromatic rings. The number of hydrogen-bond donors (Lipinski definition) is 2. The fraction of sp³-hybridized carbons (Fsp3) is 0.500. The molecule has 16 heavy (non-hydrogen) atoms. The molecule has 2 nitrogen and oxygen atoms in total. The molecule has 1 aromatic carbocycles. The van der Waals surface area contributed by atoms with Crippen LogP contribution in [0.2, 0.25) is 5.02 Å². The first-order valence-electron chi connectivity index (χ1n) is 5.34. The summed E-state index contributed by atoms with van der Waals surface area (Å²) in [5.74, 6) is -0.401. The van der Waals surface area contributed by atoms with Crippen molar-refractivity contribution in [2.24, 2.45) is 0 Å². The zero-order valence-electron chi connectivity index (χ0n) is 9.50. The van der Waals surface area contributed by atoms with E-state index < -0.39 is 5.82 Å². The lowest BCUT2D eigenvalue weighted by Crippen LogP contribution is -2.28. The number of benzene rings is 1. The summed E-state index contributed by atoms with van der Waals surface area (Å²) in [5.41, 5.74) is 0.934. The standard InChI is InChI=1S/C12H17ClFNO/c1-8(5-9(2)16)15-7-10-3-4-12(14)11(13)6-10/h3-4,6,8-9,15-16H,5,7H2,1-2H3. The molecule has 90 valence electrons. The van der Waals surface area contributed by atoms with Gasteiger partial charge in [-0.3, -0.25) is 0 Å². The Morgan fingerprint density at radius 1 is 1.44 bits per heavy atom. The normalized spacial score (nSPS) is 14.8. The molecular weight excluding hydrogens is 229 g/mol. The molecule has 0 aromatic heterocycles. The molecule has 0 saturated carbocycles. The van der Waals surface area contributed by atoms with E-state index >= 15 is 0 Å². The summed E-state index contributed by atoms with van der Waals surface area (Å²) >= 11 is 5.67. The quantitative estimate of drug-likeness (QED) is 0.836. The minimum atomic E-state index is -0.401. The van der Waals surface area contributed by atoms with Gasteiger partial charge in [0.05, 0.1) is 11.1 Å². The zero-order chi connectivity index (χ0) is 12.1. The van der Waals surface area contributed by atoms with Gasteiger partial charge in [-0.05, 0) is 38.0 Å². The molecule has 0 aliphatic heterocycles. The van der Waals surface area contributed by atoms with Crippen LogP contribution in [-0.2, 0) is 6.54 Å². The molecule has 0 fully saturated rings. The zero-order valence-corrected chi connectivity index (χ0v) is 10.3. The van der Waals surface area contributed by atoms with Gasteiger partial charge >= 0.3 is 0 Å². The number of halogens is 2. The Morgan fingerprint density at radius 3 is 2.69 bits per heavy atom. The summed E-state index contributed by atoms with van der Waals surface area (Å²) in [5, 5.41) is 12.6. The van der Waals surface area contributed by atoms with Crippen LogP contribution >= 0.6 is 11.6 Å². The van der Waals surface area contributed by atoms with Crippen molar-refractivity contribution in [3.8, 4) is 0 Å². The highest BCUT2D eigenvalue weighted by Crippen LogP contribution is 2.16. The van der Waals surface area contributed by atoms with E-state index in [1.165, 1.54) is 6.07 Å². The third-order valence-corrected chi connectivity index (χ3v) is 2.62. The van der Waals surface area contributed by atoms with Crippen LogP contribution in [0.4, 0.5) is 4.39 Å². The lowest BCUT2D eigenvalue weighted by Gasteiger charge is -2.15. The van der Waals surface area contributed by atoms with Crippen molar-refractivity contribution in [1.82, 2.24) is 5.32 Å². The van der Waals surface area contributed by atoms with Crippen LogP contribution in [0, 0.1) is 5.82 Å². The van der Waals surface area contributed by atoms with Crippen LogP contribution in [0.25, 0.3) is 0 Å². The van der Waals surface area contributed by atoms with Crippen LogP contribution in [0.1, 0.15) is 25.8 Å². The van der Waals surface area contributed by atoms with E-state index in [4.69, 9.17) is 11.6 Å². The average molecular weight is 246 g/mol. The highest BCUT2D eigenvalue weighted by atomic mass is 35.5. The molecule has 0 radical (unpaired) electrons. The lowest BCUT2D eigenvalue weighted by atomic mass is 10.1. The SMILES string of the molecule is CC(O)CC(C)NCc1ccc(F)c(Cl)c1. The molecule has 0 aliphatic rings. The molecule has 4 heteroatoms. The summed E-state index contributed by atoms with van der Waals surface area (Å²) in [6.45, 7) is 4.37. The first-order valence-corrected chi connectivity index (χ1v) is 5.72. The van der Waals surface area contributed by atoms with Crippen molar-refractivity contribution in [3.63, 3.8) is 0 Å². The summed E-state index contributed by atoms with van der Waals surface area (Å²) < 4.78 is 12.9. The maximum absolute atomic E-state index is 12.9. The fourth-order valence-corrected chi connectivity index (χ4v) is 1.74. The Labute approximate surface area is 100 Å². The summed E-state index contributed by atoms with van der Waals surface area (Å²) in [6, 6.07) is 4.88. The van der Waals surface area contributed by atoms with Gasteiger partial charge in [0.2, 0.25) is 0 Å². The molecule has 0 saturated heterocycles. The van der Waals surface area contributed by atoms with Crippen LogP contribution in [-0.4, -0.2) is 17.3 Å². The van der Waals surface area contributed by atoms with Crippen LogP contribution in [0.15, 0.2) is 18.2 Å². The molecule has 0 heterocycles. The van der Waals surface area contributed by atoms with Crippen molar-refractivity contribution in [2.75, 3.05) is 0 Å². The molecule has 2 unspecified atom stereocenters. The van der Waals surface area contributed by atoms with Gasteiger partial charge in [0.1, 0.15) is 5.82 Å². The van der Waals surface area contributed by atoms with Gasteiger partial charge in [0.25, 0.3) is 0 Å². The summed E-state index contributed by atoms with van der Waals surface area (Å²) in [4.78, 5) is 0. The van der Waals surface area contributed by atoms with Crippen molar-refractivity contribution in [2.45, 2.75) is 39.0 Å². The van der Waals surface area contributed by atoms with Gasteiger partial charge in [-0.15, -0.1) is 0 Å².